The van der Waals surface area contributed by atoms with Gasteiger partial charge in [-0.25, -0.2) is 0 Å². The minimum atomic E-state index is -5.69. The highest BCUT2D eigenvalue weighted by molar-refractivity contribution is 5.79. The topological polar surface area (TPSA) is 26.3 Å². The van der Waals surface area contributed by atoms with Gasteiger partial charge in [-0.1, -0.05) is 24.3 Å². The third-order valence-electron chi connectivity index (χ3n) is 4.58. The van der Waals surface area contributed by atoms with E-state index in [4.69, 9.17) is 4.74 Å². The summed E-state index contributed by atoms with van der Waals surface area (Å²) in [4.78, 5) is 11.0. The number of methoxy groups -OCH3 is 1. The largest absolute Gasteiger partial charge is 0.496 e. The first-order valence-electron chi connectivity index (χ1n) is 7.75. The Morgan fingerprint density at radius 2 is 1.33 bits per heavy atom. The fourth-order valence-corrected chi connectivity index (χ4v) is 3.00. The fourth-order valence-electron chi connectivity index (χ4n) is 3.00. The Kier molecular flexibility index (Phi) is 5.32. The van der Waals surface area contributed by atoms with Gasteiger partial charge in [0.1, 0.15) is 5.75 Å². The zero-order valence-electron chi connectivity index (χ0n) is 14.6. The molecule has 0 unspecified atom stereocenters. The molecule has 8 heteroatoms. The smallest absolute Gasteiger partial charge is 0.411 e. The van der Waals surface area contributed by atoms with Crippen molar-refractivity contribution in [2.45, 2.75) is 31.6 Å². The quantitative estimate of drug-likeness (QED) is 0.507. The van der Waals surface area contributed by atoms with E-state index in [9.17, 15) is 31.1 Å². The van der Waals surface area contributed by atoms with Gasteiger partial charge < -0.3 is 4.74 Å². The molecule has 27 heavy (non-hydrogen) atoms. The molecule has 0 heterocycles. The Hall–Kier alpha value is -2.51. The number of carbonyl (C=O) groups is 1. The summed E-state index contributed by atoms with van der Waals surface area (Å²) in [7, 11) is 1.06. The van der Waals surface area contributed by atoms with Gasteiger partial charge in [0.15, 0.2) is 6.29 Å². The Bertz CT molecular complexity index is 838. The van der Waals surface area contributed by atoms with Crippen molar-refractivity contribution in [3.63, 3.8) is 0 Å². The van der Waals surface area contributed by atoms with Crippen molar-refractivity contribution in [3.05, 3.63) is 64.2 Å². The summed E-state index contributed by atoms with van der Waals surface area (Å²) in [5, 5.41) is 0. The summed E-state index contributed by atoms with van der Waals surface area (Å²) in [6.07, 6.45) is -11.1. The van der Waals surface area contributed by atoms with Gasteiger partial charge in [-0.05, 0) is 48.2 Å². The van der Waals surface area contributed by atoms with Gasteiger partial charge in [0, 0.05) is 0 Å². The molecule has 0 aliphatic carbocycles. The van der Waals surface area contributed by atoms with E-state index in [1.165, 1.54) is 13.0 Å². The Morgan fingerprint density at radius 1 is 0.815 bits per heavy atom. The monoisotopic (exact) mass is 390 g/mol. The number of aryl methyl sites for hydroxylation is 2. The minimum absolute atomic E-state index is 0.153. The molecule has 0 bridgehead atoms. The van der Waals surface area contributed by atoms with E-state index in [0.29, 0.717) is 29.5 Å². The molecule has 0 radical (unpaired) electrons. The van der Waals surface area contributed by atoms with Crippen LogP contribution in [0.1, 0.15) is 32.6 Å². The van der Waals surface area contributed by atoms with Crippen molar-refractivity contribution in [2.75, 3.05) is 7.11 Å². The Labute approximate surface area is 151 Å². The van der Waals surface area contributed by atoms with Crippen molar-refractivity contribution in [3.8, 4) is 5.75 Å². The van der Waals surface area contributed by atoms with Crippen LogP contribution < -0.4 is 4.74 Å². The molecule has 0 N–H and O–H groups in total. The molecule has 146 valence electrons. The lowest BCUT2D eigenvalue weighted by Gasteiger charge is -2.38. The van der Waals surface area contributed by atoms with Crippen LogP contribution in [0.5, 0.6) is 5.75 Å². The summed E-state index contributed by atoms with van der Waals surface area (Å²) in [6, 6.07) is 5.07. The normalized spacial score (nSPS) is 12.8. The SMILES string of the molecule is COc1cc(C(c2ccc(C)c(C)c2)(C(F)(F)F)C(F)(F)F)ccc1C=O. The van der Waals surface area contributed by atoms with E-state index in [1.807, 2.05) is 0 Å². The van der Waals surface area contributed by atoms with Crippen LogP contribution in [0.4, 0.5) is 26.3 Å². The summed E-state index contributed by atoms with van der Waals surface area (Å²) in [5.74, 6) is -0.371. The zero-order chi connectivity index (χ0) is 20.6. The molecule has 0 atom stereocenters. The highest BCUT2D eigenvalue weighted by atomic mass is 19.4. The number of alkyl halides is 6. The van der Waals surface area contributed by atoms with Gasteiger partial charge in [0.2, 0.25) is 5.41 Å². The highest BCUT2D eigenvalue weighted by Crippen LogP contribution is 2.56. The van der Waals surface area contributed by atoms with Crippen molar-refractivity contribution < 1.29 is 35.9 Å². The fraction of sp³-hybridized carbons (Fsp3) is 0.316. The summed E-state index contributed by atoms with van der Waals surface area (Å²) < 4.78 is 89.2. The number of aldehydes is 1. The molecule has 2 rings (SSSR count). The molecule has 0 aromatic heterocycles. The number of benzene rings is 2. The average Bonchev–Trinajstić information content (AvgIpc) is 2.55. The Morgan fingerprint density at radius 3 is 1.78 bits per heavy atom. The zero-order valence-corrected chi connectivity index (χ0v) is 14.6. The molecule has 2 aromatic carbocycles. The first-order chi connectivity index (χ1) is 12.4. The number of halogens is 6. The number of hydrogen-bond donors (Lipinski definition) is 0. The third kappa shape index (κ3) is 3.28. The van der Waals surface area contributed by atoms with Crippen molar-refractivity contribution >= 4 is 6.29 Å². The standard InChI is InChI=1S/C19H16F6O2/c1-11-4-6-14(8-12(11)2)17(18(20,21)22,19(23,24)25)15-7-5-13(10-26)16(9-15)27-3/h4-10H,1-3H3. The molecule has 2 aromatic rings. The molecule has 0 aliphatic rings. The van der Waals surface area contributed by atoms with Crippen molar-refractivity contribution in [1.82, 2.24) is 0 Å². The van der Waals surface area contributed by atoms with Gasteiger partial charge >= 0.3 is 12.4 Å². The van der Waals surface area contributed by atoms with E-state index >= 15 is 0 Å². The Balaban J connectivity index is 2.97. The molecule has 0 spiro atoms. The summed E-state index contributed by atoms with van der Waals surface area (Å²) in [6.45, 7) is 3.02. The number of ether oxygens (including phenoxy) is 1. The maximum atomic E-state index is 14.1. The molecule has 0 fully saturated rings. The number of rotatable bonds is 4. The van der Waals surface area contributed by atoms with Crippen LogP contribution in [0.15, 0.2) is 36.4 Å². The summed E-state index contributed by atoms with van der Waals surface area (Å²) >= 11 is 0. The predicted molar refractivity (Wildman–Crippen MR) is 87.2 cm³/mol. The maximum absolute atomic E-state index is 14.1. The van der Waals surface area contributed by atoms with Crippen LogP contribution in [-0.2, 0) is 5.41 Å². The average molecular weight is 390 g/mol. The molecule has 2 nitrogen and oxygen atoms in total. The highest BCUT2D eigenvalue weighted by Gasteiger charge is 2.72. The van der Waals surface area contributed by atoms with Crippen molar-refractivity contribution in [1.29, 1.82) is 0 Å². The van der Waals surface area contributed by atoms with Crippen LogP contribution in [0, 0.1) is 13.8 Å². The lowest BCUT2D eigenvalue weighted by atomic mass is 9.72. The molecule has 0 saturated heterocycles. The van der Waals surface area contributed by atoms with Gasteiger partial charge in [-0.3, -0.25) is 4.79 Å². The third-order valence-corrected chi connectivity index (χ3v) is 4.58. The molecular formula is C19H16F6O2. The lowest BCUT2D eigenvalue weighted by Crippen LogP contribution is -2.54. The molecule has 0 saturated carbocycles. The lowest BCUT2D eigenvalue weighted by molar-refractivity contribution is -0.288. The van der Waals surface area contributed by atoms with Crippen LogP contribution in [0.2, 0.25) is 0 Å². The van der Waals surface area contributed by atoms with Crippen LogP contribution >= 0.6 is 0 Å². The van der Waals surface area contributed by atoms with Crippen LogP contribution in [0.25, 0.3) is 0 Å². The van der Waals surface area contributed by atoms with Crippen LogP contribution in [0.3, 0.4) is 0 Å². The second-order valence-corrected chi connectivity index (χ2v) is 6.12. The van der Waals surface area contributed by atoms with Crippen molar-refractivity contribution in [2.24, 2.45) is 0 Å². The van der Waals surface area contributed by atoms with E-state index in [2.05, 4.69) is 0 Å². The van der Waals surface area contributed by atoms with Gasteiger partial charge in [0.05, 0.1) is 12.7 Å². The predicted octanol–water partition coefficient (Wildman–Crippen LogP) is 5.54. The first-order valence-corrected chi connectivity index (χ1v) is 7.75. The number of carbonyl (C=O) groups excluding carboxylic acids is 1. The maximum Gasteiger partial charge on any atom is 0.411 e. The van der Waals surface area contributed by atoms with Gasteiger partial charge in [0.25, 0.3) is 0 Å². The van der Waals surface area contributed by atoms with E-state index < -0.39 is 28.9 Å². The second kappa shape index (κ2) is 6.90. The van der Waals surface area contributed by atoms with Crippen LogP contribution in [-0.4, -0.2) is 25.7 Å². The number of hydrogen-bond acceptors (Lipinski definition) is 2. The first kappa shape index (κ1) is 20.8. The van der Waals surface area contributed by atoms with E-state index in [-0.39, 0.29) is 11.3 Å². The summed E-state index contributed by atoms with van der Waals surface area (Å²) in [5.41, 5.74) is -5.60. The van der Waals surface area contributed by atoms with E-state index in [0.717, 1.165) is 25.3 Å². The molecule has 0 aliphatic heterocycles. The van der Waals surface area contributed by atoms with Gasteiger partial charge in [-0.2, -0.15) is 26.3 Å². The van der Waals surface area contributed by atoms with Gasteiger partial charge in [-0.15, -0.1) is 0 Å². The molecular weight excluding hydrogens is 374 g/mol. The minimum Gasteiger partial charge on any atom is -0.496 e. The second-order valence-electron chi connectivity index (χ2n) is 6.12. The van der Waals surface area contributed by atoms with E-state index in [1.54, 1.807) is 6.92 Å². The molecule has 0 amide bonds.